The van der Waals surface area contributed by atoms with Crippen LogP contribution in [-0.2, 0) is 4.79 Å². The molecular weight excluding hydrogens is 213 g/mol. The standard InChI is InChI=1S/C10H18FN3O2/c1-7(12)14-6-4-8(11)3-5-10(2,13)9(15)16/h4H,3,5-6,13H2,1-2H3,(H2,12,14)(H,15,16)/t10-/m0/s1. The highest BCUT2D eigenvalue weighted by molar-refractivity contribution is 5.78. The highest BCUT2D eigenvalue weighted by Gasteiger charge is 2.27. The second-order valence-corrected chi connectivity index (χ2v) is 3.86. The van der Waals surface area contributed by atoms with Gasteiger partial charge in [-0.3, -0.25) is 9.79 Å². The number of aliphatic imine (C=N–C) groups is 1. The molecule has 0 aliphatic rings. The van der Waals surface area contributed by atoms with Crippen molar-refractivity contribution in [3.8, 4) is 0 Å². The molecule has 0 unspecified atom stereocenters. The third-order valence-corrected chi connectivity index (χ3v) is 2.03. The Kier molecular flexibility index (Phi) is 5.66. The molecule has 0 aromatic carbocycles. The van der Waals surface area contributed by atoms with Gasteiger partial charge in [-0.1, -0.05) is 0 Å². The van der Waals surface area contributed by atoms with Crippen molar-refractivity contribution in [1.82, 2.24) is 0 Å². The van der Waals surface area contributed by atoms with E-state index in [2.05, 4.69) is 4.99 Å². The topological polar surface area (TPSA) is 102 Å². The summed E-state index contributed by atoms with van der Waals surface area (Å²) in [5, 5.41) is 8.70. The lowest BCUT2D eigenvalue weighted by Crippen LogP contribution is -2.44. The van der Waals surface area contributed by atoms with Crippen LogP contribution in [0, 0.1) is 0 Å². The fraction of sp³-hybridized carbons (Fsp3) is 0.600. The van der Waals surface area contributed by atoms with Gasteiger partial charge >= 0.3 is 5.97 Å². The molecule has 0 spiro atoms. The van der Waals surface area contributed by atoms with Crippen molar-refractivity contribution >= 4 is 11.8 Å². The van der Waals surface area contributed by atoms with Crippen LogP contribution >= 0.6 is 0 Å². The molecule has 0 aliphatic carbocycles. The fourth-order valence-electron chi connectivity index (χ4n) is 0.877. The number of amidine groups is 1. The van der Waals surface area contributed by atoms with Gasteiger partial charge in [0.25, 0.3) is 0 Å². The highest BCUT2D eigenvalue weighted by atomic mass is 19.1. The maximum absolute atomic E-state index is 13.1. The minimum Gasteiger partial charge on any atom is -0.480 e. The molecule has 1 atom stereocenters. The van der Waals surface area contributed by atoms with Gasteiger partial charge in [0.2, 0.25) is 0 Å². The lowest BCUT2D eigenvalue weighted by molar-refractivity contribution is -0.142. The van der Waals surface area contributed by atoms with Crippen LogP contribution in [0.3, 0.4) is 0 Å². The van der Waals surface area contributed by atoms with E-state index < -0.39 is 17.3 Å². The first kappa shape index (κ1) is 14.6. The summed E-state index contributed by atoms with van der Waals surface area (Å²) < 4.78 is 13.1. The summed E-state index contributed by atoms with van der Waals surface area (Å²) >= 11 is 0. The number of nitrogens with zero attached hydrogens (tertiary/aromatic N) is 1. The van der Waals surface area contributed by atoms with Crippen molar-refractivity contribution in [3.63, 3.8) is 0 Å². The summed E-state index contributed by atoms with van der Waals surface area (Å²) in [6.07, 6.45) is 1.28. The number of carboxylic acid groups (broad SMARTS) is 1. The number of nitrogens with two attached hydrogens (primary N) is 2. The molecule has 0 bridgehead atoms. The van der Waals surface area contributed by atoms with Crippen molar-refractivity contribution in [1.29, 1.82) is 0 Å². The minimum absolute atomic E-state index is 0.0154. The predicted molar refractivity (Wildman–Crippen MR) is 60.8 cm³/mol. The van der Waals surface area contributed by atoms with Gasteiger partial charge in [-0.25, -0.2) is 4.39 Å². The normalized spacial score (nSPS) is 17.0. The molecule has 0 heterocycles. The van der Waals surface area contributed by atoms with Gasteiger partial charge in [0.05, 0.1) is 18.2 Å². The van der Waals surface area contributed by atoms with E-state index >= 15 is 0 Å². The smallest absolute Gasteiger partial charge is 0.323 e. The first-order valence-electron chi connectivity index (χ1n) is 4.89. The number of carboxylic acids is 1. The van der Waals surface area contributed by atoms with Crippen LogP contribution in [0.1, 0.15) is 26.7 Å². The molecule has 0 rings (SSSR count). The van der Waals surface area contributed by atoms with E-state index in [1.165, 1.54) is 13.0 Å². The van der Waals surface area contributed by atoms with Crippen molar-refractivity contribution in [2.45, 2.75) is 32.2 Å². The number of rotatable bonds is 6. The van der Waals surface area contributed by atoms with E-state index in [0.29, 0.717) is 5.84 Å². The molecule has 5 nitrogen and oxygen atoms in total. The zero-order valence-corrected chi connectivity index (χ0v) is 9.53. The van der Waals surface area contributed by atoms with E-state index in [9.17, 15) is 9.18 Å². The van der Waals surface area contributed by atoms with Gasteiger partial charge in [-0.05, 0) is 26.3 Å². The Labute approximate surface area is 94.0 Å². The van der Waals surface area contributed by atoms with E-state index in [0.717, 1.165) is 0 Å². The molecule has 0 fully saturated rings. The van der Waals surface area contributed by atoms with Gasteiger partial charge in [-0.2, -0.15) is 0 Å². The lowest BCUT2D eigenvalue weighted by atomic mass is 9.97. The van der Waals surface area contributed by atoms with E-state index in [1.807, 2.05) is 0 Å². The number of allylic oxidation sites excluding steroid dienone is 1. The predicted octanol–water partition coefficient (Wildman–Crippen LogP) is 0.799. The Morgan fingerprint density at radius 3 is 2.62 bits per heavy atom. The summed E-state index contributed by atoms with van der Waals surface area (Å²) in [5.74, 6) is -1.20. The number of hydrogen-bond donors (Lipinski definition) is 3. The summed E-state index contributed by atoms with van der Waals surface area (Å²) in [7, 11) is 0. The SMILES string of the molecule is CC(N)=NCC=C(F)CC[C@](C)(N)C(=O)O. The Morgan fingerprint density at radius 1 is 1.62 bits per heavy atom. The van der Waals surface area contributed by atoms with Crippen LogP contribution in [0.2, 0.25) is 0 Å². The molecule has 0 saturated heterocycles. The molecule has 0 aromatic heterocycles. The largest absolute Gasteiger partial charge is 0.480 e. The number of carbonyl (C=O) groups is 1. The van der Waals surface area contributed by atoms with Crippen molar-refractivity contribution in [2.75, 3.05) is 6.54 Å². The Balaban J connectivity index is 4.12. The minimum atomic E-state index is -1.40. The van der Waals surface area contributed by atoms with Crippen molar-refractivity contribution < 1.29 is 14.3 Å². The second kappa shape index (κ2) is 6.22. The van der Waals surface area contributed by atoms with E-state index in [4.69, 9.17) is 16.6 Å². The quantitative estimate of drug-likeness (QED) is 0.464. The summed E-state index contributed by atoms with van der Waals surface area (Å²) in [6, 6.07) is 0. The average Bonchev–Trinajstić information content (AvgIpc) is 2.14. The third kappa shape index (κ3) is 6.13. The van der Waals surface area contributed by atoms with Crippen molar-refractivity contribution in [3.05, 3.63) is 11.9 Å². The number of aliphatic carboxylic acids is 1. The highest BCUT2D eigenvalue weighted by Crippen LogP contribution is 2.15. The van der Waals surface area contributed by atoms with Gasteiger partial charge in [0, 0.05) is 6.42 Å². The Bertz CT molecular complexity index is 307. The second-order valence-electron chi connectivity index (χ2n) is 3.86. The molecule has 0 aromatic rings. The molecule has 0 amide bonds. The maximum atomic E-state index is 13.1. The molecule has 6 heteroatoms. The Hall–Kier alpha value is -1.43. The number of halogens is 1. The van der Waals surface area contributed by atoms with Crippen LogP contribution in [0.5, 0.6) is 0 Å². The molecule has 0 aliphatic heterocycles. The first-order valence-corrected chi connectivity index (χ1v) is 4.89. The van der Waals surface area contributed by atoms with Gasteiger partial charge < -0.3 is 16.6 Å². The van der Waals surface area contributed by atoms with Crippen molar-refractivity contribution in [2.24, 2.45) is 16.5 Å². The molecule has 5 N–H and O–H groups in total. The van der Waals surface area contributed by atoms with Crippen LogP contribution in [0.4, 0.5) is 4.39 Å². The molecule has 16 heavy (non-hydrogen) atoms. The number of hydrogen-bond acceptors (Lipinski definition) is 3. The van der Waals surface area contributed by atoms with E-state index in [1.54, 1.807) is 6.92 Å². The summed E-state index contributed by atoms with van der Waals surface area (Å²) in [5.41, 5.74) is 9.30. The zero-order valence-electron chi connectivity index (χ0n) is 9.53. The molecular formula is C10H18FN3O2. The molecule has 0 radical (unpaired) electrons. The lowest BCUT2D eigenvalue weighted by Gasteiger charge is -2.17. The fourth-order valence-corrected chi connectivity index (χ4v) is 0.877. The maximum Gasteiger partial charge on any atom is 0.323 e. The van der Waals surface area contributed by atoms with E-state index in [-0.39, 0.29) is 19.4 Å². The van der Waals surface area contributed by atoms with Crippen LogP contribution in [0.25, 0.3) is 0 Å². The zero-order chi connectivity index (χ0) is 12.8. The van der Waals surface area contributed by atoms with Gasteiger partial charge in [0.1, 0.15) is 5.54 Å². The molecule has 0 saturated carbocycles. The summed E-state index contributed by atoms with van der Waals surface area (Å²) in [6.45, 7) is 3.11. The van der Waals surface area contributed by atoms with Gasteiger partial charge in [0.15, 0.2) is 0 Å². The van der Waals surface area contributed by atoms with Crippen LogP contribution in [0.15, 0.2) is 16.9 Å². The summed E-state index contributed by atoms with van der Waals surface area (Å²) in [4.78, 5) is 14.4. The molecule has 92 valence electrons. The van der Waals surface area contributed by atoms with Gasteiger partial charge in [-0.15, -0.1) is 0 Å². The average molecular weight is 231 g/mol. The Morgan fingerprint density at radius 2 is 2.19 bits per heavy atom. The van der Waals surface area contributed by atoms with Crippen LogP contribution < -0.4 is 11.5 Å². The first-order chi connectivity index (χ1) is 7.25. The monoisotopic (exact) mass is 231 g/mol. The van der Waals surface area contributed by atoms with Crippen LogP contribution in [-0.4, -0.2) is 29.0 Å². The third-order valence-electron chi connectivity index (χ3n) is 2.03.